The standard InChI is InChI=1S/C20H23N3OS2/c1-11-13(3)25-19-17(11)20(23-15(5)22-19)26-14(4)18(24)21-12(2)16-9-7-6-8-10-16/h6-10,12,14H,1-5H3,(H,21,24)/t12-,14+/m0/s1. The second kappa shape index (κ2) is 7.76. The van der Waals surface area contributed by atoms with Gasteiger partial charge in [-0.15, -0.1) is 11.3 Å². The lowest BCUT2D eigenvalue weighted by Crippen LogP contribution is -2.33. The lowest BCUT2D eigenvalue weighted by atomic mass is 10.1. The van der Waals surface area contributed by atoms with Gasteiger partial charge in [0.15, 0.2) is 0 Å². The maximum atomic E-state index is 12.7. The molecule has 0 unspecified atom stereocenters. The Morgan fingerprint density at radius 1 is 1.12 bits per heavy atom. The van der Waals surface area contributed by atoms with E-state index in [0.29, 0.717) is 0 Å². The van der Waals surface area contributed by atoms with Crippen molar-refractivity contribution in [3.05, 3.63) is 52.2 Å². The van der Waals surface area contributed by atoms with Crippen LogP contribution >= 0.6 is 23.1 Å². The van der Waals surface area contributed by atoms with Crippen LogP contribution in [-0.2, 0) is 4.79 Å². The minimum atomic E-state index is -0.238. The fourth-order valence-electron chi connectivity index (χ4n) is 2.78. The van der Waals surface area contributed by atoms with Gasteiger partial charge in [-0.3, -0.25) is 4.79 Å². The molecule has 0 aliphatic rings. The number of amides is 1. The van der Waals surface area contributed by atoms with Crippen molar-refractivity contribution in [1.82, 2.24) is 15.3 Å². The second-order valence-corrected chi connectivity index (χ2v) is 8.97. The Labute approximate surface area is 162 Å². The minimum Gasteiger partial charge on any atom is -0.349 e. The van der Waals surface area contributed by atoms with Gasteiger partial charge in [0.1, 0.15) is 15.7 Å². The van der Waals surface area contributed by atoms with Crippen molar-refractivity contribution in [3.8, 4) is 0 Å². The van der Waals surface area contributed by atoms with Crippen molar-refractivity contribution in [2.45, 2.75) is 50.9 Å². The van der Waals surface area contributed by atoms with Crippen LogP contribution < -0.4 is 5.32 Å². The third-order valence-corrected chi connectivity index (χ3v) is 6.61. The lowest BCUT2D eigenvalue weighted by Gasteiger charge is -2.18. The molecule has 136 valence electrons. The van der Waals surface area contributed by atoms with E-state index in [2.05, 4.69) is 29.1 Å². The fraction of sp³-hybridized carbons (Fsp3) is 0.350. The van der Waals surface area contributed by atoms with E-state index in [-0.39, 0.29) is 17.2 Å². The number of thioether (sulfide) groups is 1. The molecule has 26 heavy (non-hydrogen) atoms. The number of hydrogen-bond acceptors (Lipinski definition) is 5. The molecule has 1 N–H and O–H groups in total. The zero-order valence-corrected chi connectivity index (χ0v) is 17.3. The number of thiophene rings is 1. The van der Waals surface area contributed by atoms with Crippen LogP contribution in [0.2, 0.25) is 0 Å². The molecule has 3 rings (SSSR count). The Morgan fingerprint density at radius 2 is 1.81 bits per heavy atom. The predicted molar refractivity (Wildman–Crippen MR) is 110 cm³/mol. The minimum absolute atomic E-state index is 0.0142. The van der Waals surface area contributed by atoms with Gasteiger partial charge in [0, 0.05) is 10.3 Å². The highest BCUT2D eigenvalue weighted by molar-refractivity contribution is 8.00. The molecule has 4 nitrogen and oxygen atoms in total. The molecule has 0 saturated carbocycles. The smallest absolute Gasteiger partial charge is 0.233 e. The summed E-state index contributed by atoms with van der Waals surface area (Å²) in [7, 11) is 0. The molecule has 0 spiro atoms. The molecule has 3 aromatic rings. The van der Waals surface area contributed by atoms with Crippen LogP contribution in [0, 0.1) is 20.8 Å². The number of nitrogens with zero attached hydrogens (tertiary/aromatic N) is 2. The highest BCUT2D eigenvalue weighted by Crippen LogP contribution is 2.36. The molecular weight excluding hydrogens is 362 g/mol. The molecule has 0 aliphatic carbocycles. The number of nitrogens with one attached hydrogen (secondary N) is 1. The van der Waals surface area contributed by atoms with Gasteiger partial charge in [0.05, 0.1) is 11.3 Å². The van der Waals surface area contributed by atoms with Gasteiger partial charge < -0.3 is 5.32 Å². The van der Waals surface area contributed by atoms with Crippen LogP contribution in [0.1, 0.15) is 41.7 Å². The van der Waals surface area contributed by atoms with Crippen LogP contribution in [0.25, 0.3) is 10.2 Å². The van der Waals surface area contributed by atoms with Gasteiger partial charge >= 0.3 is 0 Å². The largest absolute Gasteiger partial charge is 0.349 e. The first-order valence-electron chi connectivity index (χ1n) is 8.63. The first-order valence-corrected chi connectivity index (χ1v) is 10.3. The van der Waals surface area contributed by atoms with Crippen LogP contribution in [-0.4, -0.2) is 21.1 Å². The summed E-state index contributed by atoms with van der Waals surface area (Å²) in [5.74, 6) is 0.756. The summed E-state index contributed by atoms with van der Waals surface area (Å²) in [4.78, 5) is 24.1. The van der Waals surface area contributed by atoms with E-state index in [4.69, 9.17) is 0 Å². The van der Waals surface area contributed by atoms with Crippen molar-refractivity contribution >= 4 is 39.2 Å². The summed E-state index contributed by atoms with van der Waals surface area (Å²) >= 11 is 3.19. The molecule has 2 aromatic heterocycles. The van der Waals surface area contributed by atoms with Crippen molar-refractivity contribution in [2.75, 3.05) is 0 Å². The number of aromatic nitrogens is 2. The maximum absolute atomic E-state index is 12.7. The van der Waals surface area contributed by atoms with E-state index in [1.165, 1.54) is 22.2 Å². The average molecular weight is 386 g/mol. The quantitative estimate of drug-likeness (QED) is 0.497. The second-order valence-electron chi connectivity index (χ2n) is 6.44. The van der Waals surface area contributed by atoms with Crippen LogP contribution in [0.3, 0.4) is 0 Å². The number of carbonyl (C=O) groups is 1. The number of fused-ring (bicyclic) bond motifs is 1. The first-order chi connectivity index (χ1) is 12.4. The molecule has 0 aliphatic heterocycles. The molecule has 1 amide bonds. The molecule has 0 radical (unpaired) electrons. The monoisotopic (exact) mass is 385 g/mol. The lowest BCUT2D eigenvalue weighted by molar-refractivity contribution is -0.120. The van der Waals surface area contributed by atoms with Crippen molar-refractivity contribution in [3.63, 3.8) is 0 Å². The average Bonchev–Trinajstić information content (AvgIpc) is 2.89. The number of rotatable bonds is 5. The predicted octanol–water partition coefficient (Wildman–Crippen LogP) is 4.97. The number of benzene rings is 1. The third-order valence-electron chi connectivity index (χ3n) is 4.42. The number of aryl methyl sites for hydroxylation is 3. The maximum Gasteiger partial charge on any atom is 0.233 e. The Kier molecular flexibility index (Phi) is 5.63. The molecule has 6 heteroatoms. The van der Waals surface area contributed by atoms with Gasteiger partial charge in [-0.1, -0.05) is 42.1 Å². The summed E-state index contributed by atoms with van der Waals surface area (Å²) in [6, 6.07) is 9.97. The van der Waals surface area contributed by atoms with Gasteiger partial charge in [-0.2, -0.15) is 0 Å². The van der Waals surface area contributed by atoms with Gasteiger partial charge in [-0.25, -0.2) is 9.97 Å². The highest BCUT2D eigenvalue weighted by atomic mass is 32.2. The molecule has 1 aromatic carbocycles. The number of hydrogen-bond donors (Lipinski definition) is 1. The molecular formula is C20H23N3OS2. The summed E-state index contributed by atoms with van der Waals surface area (Å²) in [6.07, 6.45) is 0. The van der Waals surface area contributed by atoms with Gasteiger partial charge in [0.25, 0.3) is 0 Å². The number of carbonyl (C=O) groups excluding carboxylic acids is 1. The van der Waals surface area contributed by atoms with E-state index in [9.17, 15) is 4.79 Å². The van der Waals surface area contributed by atoms with E-state index < -0.39 is 0 Å². The van der Waals surface area contributed by atoms with Crippen molar-refractivity contribution in [1.29, 1.82) is 0 Å². The summed E-state index contributed by atoms with van der Waals surface area (Å²) in [5, 5.41) is 4.84. The topological polar surface area (TPSA) is 54.9 Å². The Bertz CT molecular complexity index is 937. The van der Waals surface area contributed by atoms with E-state index in [0.717, 1.165) is 26.6 Å². The van der Waals surface area contributed by atoms with Crippen LogP contribution in [0.4, 0.5) is 0 Å². The fourth-order valence-corrected chi connectivity index (χ4v) is 4.98. The molecule has 2 heterocycles. The molecule has 0 bridgehead atoms. The Hall–Kier alpha value is -1.92. The van der Waals surface area contributed by atoms with E-state index >= 15 is 0 Å². The third kappa shape index (κ3) is 3.91. The molecule has 0 fully saturated rings. The summed E-state index contributed by atoms with van der Waals surface area (Å²) in [6.45, 7) is 10.0. The first kappa shape index (κ1) is 18.9. The molecule has 0 saturated heterocycles. The van der Waals surface area contributed by atoms with Crippen LogP contribution in [0.15, 0.2) is 35.4 Å². The summed E-state index contributed by atoms with van der Waals surface area (Å²) in [5.41, 5.74) is 2.31. The SMILES string of the molecule is Cc1nc(S[C@H](C)C(=O)N[C@@H](C)c2ccccc2)c2c(C)c(C)sc2n1. The normalized spacial score (nSPS) is 13.6. The Morgan fingerprint density at radius 3 is 2.50 bits per heavy atom. The van der Waals surface area contributed by atoms with E-state index in [1.54, 1.807) is 11.3 Å². The highest BCUT2D eigenvalue weighted by Gasteiger charge is 2.21. The van der Waals surface area contributed by atoms with E-state index in [1.807, 2.05) is 51.1 Å². The Balaban J connectivity index is 1.78. The summed E-state index contributed by atoms with van der Waals surface area (Å²) < 4.78 is 0. The van der Waals surface area contributed by atoms with Crippen molar-refractivity contribution < 1.29 is 4.79 Å². The zero-order valence-electron chi connectivity index (χ0n) is 15.7. The zero-order chi connectivity index (χ0) is 18.8. The van der Waals surface area contributed by atoms with Gasteiger partial charge in [0.2, 0.25) is 5.91 Å². The van der Waals surface area contributed by atoms with Crippen LogP contribution in [0.5, 0.6) is 0 Å². The molecule has 2 atom stereocenters. The van der Waals surface area contributed by atoms with Gasteiger partial charge in [-0.05, 0) is 45.7 Å². The van der Waals surface area contributed by atoms with Crippen molar-refractivity contribution in [2.24, 2.45) is 0 Å².